The molecule has 1 amide bonds. The van der Waals surface area contributed by atoms with Crippen LogP contribution in [-0.2, 0) is 14.0 Å². The van der Waals surface area contributed by atoms with Crippen LogP contribution in [0.3, 0.4) is 0 Å². The van der Waals surface area contributed by atoms with E-state index in [2.05, 4.69) is 33.8 Å². The molecule has 0 saturated carbocycles. The molecule has 160 valence electrons. The van der Waals surface area contributed by atoms with E-state index in [1.54, 1.807) is 4.90 Å². The van der Waals surface area contributed by atoms with E-state index in [1.165, 1.54) is 0 Å². The summed E-state index contributed by atoms with van der Waals surface area (Å²) in [7, 11) is -0.405. The van der Waals surface area contributed by atoms with E-state index >= 15 is 0 Å². The van der Waals surface area contributed by atoms with Gasteiger partial charge in [0.15, 0.2) is 0 Å². The van der Waals surface area contributed by atoms with E-state index < -0.39 is 12.7 Å². The summed E-state index contributed by atoms with van der Waals surface area (Å²) in [6.45, 7) is 15.2. The molecule has 2 aliphatic rings. The Bertz CT molecular complexity index is 751. The fraction of sp³-hybridized carbons (Fsp3) is 0.682. The molecule has 29 heavy (non-hydrogen) atoms. The van der Waals surface area contributed by atoms with Crippen LogP contribution in [-0.4, -0.2) is 48.0 Å². The lowest BCUT2D eigenvalue weighted by Gasteiger charge is -2.34. The molecular weight excluding hydrogens is 389 g/mol. The molecule has 0 unspecified atom stereocenters. The smallest absolute Gasteiger partial charge is 0.444 e. The summed E-state index contributed by atoms with van der Waals surface area (Å²) in [6.07, 6.45) is 1.46. The van der Waals surface area contributed by atoms with Crippen molar-refractivity contribution in [3.05, 3.63) is 28.8 Å². The Balaban J connectivity index is 1.70. The van der Waals surface area contributed by atoms with Gasteiger partial charge in [-0.3, -0.25) is 0 Å². The van der Waals surface area contributed by atoms with Gasteiger partial charge in [0, 0.05) is 18.1 Å². The predicted molar refractivity (Wildman–Crippen MR) is 117 cm³/mol. The molecule has 2 heterocycles. The zero-order valence-corrected chi connectivity index (χ0v) is 19.4. The monoisotopic (exact) mass is 421 g/mol. The molecule has 1 aromatic carbocycles. The summed E-state index contributed by atoms with van der Waals surface area (Å²) in [5.74, 6) is 0.295. The van der Waals surface area contributed by atoms with Crippen LogP contribution in [0.1, 0.15) is 72.8 Å². The van der Waals surface area contributed by atoms with Crippen molar-refractivity contribution in [3.63, 3.8) is 0 Å². The minimum Gasteiger partial charge on any atom is -0.444 e. The van der Waals surface area contributed by atoms with Crippen molar-refractivity contribution >= 4 is 30.3 Å². The summed E-state index contributed by atoms with van der Waals surface area (Å²) >= 11 is 6.55. The van der Waals surface area contributed by atoms with Gasteiger partial charge in [0.05, 0.1) is 11.2 Å². The lowest BCUT2D eigenvalue weighted by molar-refractivity contribution is 0.00578. The van der Waals surface area contributed by atoms with E-state index in [0.717, 1.165) is 28.9 Å². The molecule has 2 fully saturated rings. The highest BCUT2D eigenvalue weighted by Gasteiger charge is 2.51. The molecule has 3 rings (SSSR count). The maximum absolute atomic E-state index is 12.3. The summed E-state index contributed by atoms with van der Waals surface area (Å²) < 4.78 is 17.9. The van der Waals surface area contributed by atoms with Crippen LogP contribution in [0.25, 0.3) is 0 Å². The number of ether oxygens (including phenoxy) is 1. The maximum atomic E-state index is 12.3. The third-order valence-electron chi connectivity index (χ3n) is 6.13. The van der Waals surface area contributed by atoms with Gasteiger partial charge in [-0.25, -0.2) is 4.79 Å². The number of piperidine rings is 1. The fourth-order valence-electron chi connectivity index (χ4n) is 3.70. The fourth-order valence-corrected chi connectivity index (χ4v) is 3.97. The number of halogens is 1. The molecule has 7 heteroatoms. The first-order chi connectivity index (χ1) is 13.3. The largest absolute Gasteiger partial charge is 0.494 e. The first-order valence-corrected chi connectivity index (χ1v) is 10.8. The summed E-state index contributed by atoms with van der Waals surface area (Å²) in [5.41, 5.74) is 0.848. The minimum atomic E-state index is -0.478. The maximum Gasteiger partial charge on any atom is 0.494 e. The van der Waals surface area contributed by atoms with E-state index in [-0.39, 0.29) is 17.3 Å². The quantitative estimate of drug-likeness (QED) is 0.646. The zero-order chi connectivity index (χ0) is 21.6. The Kier molecular flexibility index (Phi) is 6.03. The SMILES string of the molecule is CC(C)(C)OC(=O)N1CCC(c2cc(B3OC(C)(C)C(C)(C)O3)ccc2Cl)CC1. The minimum absolute atomic E-state index is 0.243. The molecule has 0 atom stereocenters. The molecule has 0 radical (unpaired) electrons. The van der Waals surface area contributed by atoms with Gasteiger partial charge in [-0.05, 0) is 84.3 Å². The summed E-state index contributed by atoms with van der Waals surface area (Å²) in [4.78, 5) is 14.1. The molecule has 0 aromatic heterocycles. The van der Waals surface area contributed by atoms with Crippen LogP contribution in [0.5, 0.6) is 0 Å². The normalized spacial score (nSPS) is 22.1. The molecule has 1 aromatic rings. The highest BCUT2D eigenvalue weighted by Crippen LogP contribution is 2.38. The first kappa shape index (κ1) is 22.5. The second-order valence-corrected chi connectivity index (χ2v) is 10.5. The Morgan fingerprint density at radius 2 is 1.69 bits per heavy atom. The average Bonchev–Trinajstić information content (AvgIpc) is 2.81. The van der Waals surface area contributed by atoms with Crippen molar-refractivity contribution in [2.45, 2.75) is 84.0 Å². The van der Waals surface area contributed by atoms with Crippen LogP contribution in [0.15, 0.2) is 18.2 Å². The molecule has 2 saturated heterocycles. The molecule has 5 nitrogen and oxygen atoms in total. The molecule has 0 spiro atoms. The van der Waals surface area contributed by atoms with Crippen LogP contribution in [0, 0.1) is 0 Å². The van der Waals surface area contributed by atoms with Gasteiger partial charge >= 0.3 is 13.2 Å². The highest BCUT2D eigenvalue weighted by molar-refractivity contribution is 6.62. The van der Waals surface area contributed by atoms with Crippen molar-refractivity contribution < 1.29 is 18.8 Å². The van der Waals surface area contributed by atoms with E-state index in [4.69, 9.17) is 25.6 Å². The Morgan fingerprint density at radius 1 is 1.14 bits per heavy atom. The number of carbonyl (C=O) groups is 1. The predicted octanol–water partition coefficient (Wildman–Crippen LogP) is 4.75. The van der Waals surface area contributed by atoms with E-state index in [1.807, 2.05) is 32.9 Å². The topological polar surface area (TPSA) is 48.0 Å². The van der Waals surface area contributed by atoms with Crippen molar-refractivity contribution in [1.29, 1.82) is 0 Å². The molecular formula is C22H33BClNO4. The number of nitrogens with zero attached hydrogens (tertiary/aromatic N) is 1. The molecule has 2 aliphatic heterocycles. The van der Waals surface area contributed by atoms with Crippen molar-refractivity contribution in [2.24, 2.45) is 0 Å². The van der Waals surface area contributed by atoms with Gasteiger partial charge in [-0.15, -0.1) is 0 Å². The van der Waals surface area contributed by atoms with E-state index in [0.29, 0.717) is 19.0 Å². The Labute approximate surface area is 180 Å². The van der Waals surface area contributed by atoms with Gasteiger partial charge < -0.3 is 18.9 Å². The lowest BCUT2D eigenvalue weighted by atomic mass is 9.76. The number of benzene rings is 1. The summed E-state index contributed by atoms with van der Waals surface area (Å²) in [5, 5.41) is 0.751. The summed E-state index contributed by atoms with van der Waals surface area (Å²) in [6, 6.07) is 6.01. The van der Waals surface area contributed by atoms with Crippen molar-refractivity contribution in [3.8, 4) is 0 Å². The number of hydrogen-bond donors (Lipinski definition) is 0. The zero-order valence-electron chi connectivity index (χ0n) is 18.7. The Hall–Kier alpha value is -1.24. The van der Waals surface area contributed by atoms with Crippen molar-refractivity contribution in [2.75, 3.05) is 13.1 Å². The van der Waals surface area contributed by atoms with Crippen molar-refractivity contribution in [1.82, 2.24) is 4.90 Å². The van der Waals surface area contributed by atoms with Crippen LogP contribution >= 0.6 is 11.6 Å². The first-order valence-electron chi connectivity index (χ1n) is 10.4. The number of rotatable bonds is 2. The van der Waals surface area contributed by atoms with Gasteiger partial charge in [-0.1, -0.05) is 23.7 Å². The van der Waals surface area contributed by atoms with Crippen LogP contribution in [0.4, 0.5) is 4.79 Å². The number of carbonyl (C=O) groups excluding carboxylic acids is 1. The lowest BCUT2D eigenvalue weighted by Crippen LogP contribution is -2.41. The second kappa shape index (κ2) is 7.79. The molecule has 0 bridgehead atoms. The third kappa shape index (κ3) is 4.92. The van der Waals surface area contributed by atoms with Gasteiger partial charge in [0.1, 0.15) is 5.60 Å². The van der Waals surface area contributed by atoms with Gasteiger partial charge in [0.2, 0.25) is 0 Å². The number of likely N-dealkylation sites (tertiary alicyclic amines) is 1. The van der Waals surface area contributed by atoms with Gasteiger partial charge in [0.25, 0.3) is 0 Å². The van der Waals surface area contributed by atoms with E-state index in [9.17, 15) is 4.79 Å². The average molecular weight is 422 g/mol. The van der Waals surface area contributed by atoms with Crippen LogP contribution in [0.2, 0.25) is 5.02 Å². The number of hydrogen-bond acceptors (Lipinski definition) is 4. The number of amides is 1. The third-order valence-corrected chi connectivity index (χ3v) is 6.48. The molecule has 0 N–H and O–H groups in total. The van der Waals surface area contributed by atoms with Gasteiger partial charge in [-0.2, -0.15) is 0 Å². The second-order valence-electron chi connectivity index (χ2n) is 10.1. The molecule has 0 aliphatic carbocycles. The Morgan fingerprint density at radius 3 is 2.21 bits per heavy atom. The van der Waals surface area contributed by atoms with Crippen LogP contribution < -0.4 is 5.46 Å². The standard InChI is InChI=1S/C22H33BClNO4/c1-20(2,3)27-19(26)25-12-10-15(11-13-25)17-14-16(8-9-18(17)24)23-28-21(4,5)22(6,7)29-23/h8-9,14-15H,10-13H2,1-7H3. The highest BCUT2D eigenvalue weighted by atomic mass is 35.5.